The Balaban J connectivity index is 1.74. The molecule has 0 fully saturated rings. The van der Waals surface area contributed by atoms with Crippen molar-refractivity contribution < 1.29 is 14.3 Å². The molecule has 6 nitrogen and oxygen atoms in total. The topological polar surface area (TPSA) is 84.1 Å². The minimum atomic E-state index is -0.964. The highest BCUT2D eigenvalue weighted by Crippen LogP contribution is 2.35. The summed E-state index contributed by atoms with van der Waals surface area (Å²) in [6.45, 7) is 3.41. The molecule has 0 unspecified atom stereocenters. The minimum Gasteiger partial charge on any atom is -0.369 e. The Kier molecular flexibility index (Phi) is 5.74. The Hall–Kier alpha value is -3.25. The summed E-state index contributed by atoms with van der Waals surface area (Å²) in [5.41, 5.74) is 4.81. The van der Waals surface area contributed by atoms with Gasteiger partial charge >= 0.3 is 0 Å². The summed E-state index contributed by atoms with van der Waals surface area (Å²) in [5, 5.41) is 2.83. The normalized spacial score (nSPS) is 13.7. The number of hydrogen-bond donors (Lipinski definition) is 2. The summed E-state index contributed by atoms with van der Waals surface area (Å²) in [4.78, 5) is 33.1. The van der Waals surface area contributed by atoms with E-state index in [0.717, 1.165) is 46.5 Å². The van der Waals surface area contributed by atoms with Crippen molar-refractivity contribution >= 4 is 17.5 Å². The molecule has 0 spiro atoms. The van der Waals surface area contributed by atoms with Gasteiger partial charge in [-0.15, -0.1) is 0 Å². The van der Waals surface area contributed by atoms with Gasteiger partial charge in [0.15, 0.2) is 5.78 Å². The maximum absolute atomic E-state index is 12.8. The highest BCUT2D eigenvalue weighted by atomic mass is 16.5. The monoisotopic (exact) mass is 417 g/mol. The van der Waals surface area contributed by atoms with Crippen LogP contribution in [0, 0.1) is 0 Å². The van der Waals surface area contributed by atoms with E-state index >= 15 is 0 Å². The van der Waals surface area contributed by atoms with Gasteiger partial charge < -0.3 is 15.0 Å². The van der Waals surface area contributed by atoms with Crippen LogP contribution in [0.25, 0.3) is 11.3 Å². The number of rotatable bonds is 6. The molecule has 2 heterocycles. The van der Waals surface area contributed by atoms with E-state index in [4.69, 9.17) is 4.74 Å². The minimum absolute atomic E-state index is 0.194. The SMILES string of the molecule is COC(C)(C)C(=O)Nc1cc(-c2[nH]c3c(c2Cc2ccccc2)C(=O)CCC3)ccn1. The number of H-pyrrole nitrogens is 1. The second-order valence-corrected chi connectivity index (χ2v) is 8.37. The number of fused-ring (bicyclic) bond motifs is 1. The van der Waals surface area contributed by atoms with Crippen LogP contribution in [0.5, 0.6) is 0 Å². The maximum Gasteiger partial charge on any atom is 0.257 e. The van der Waals surface area contributed by atoms with Gasteiger partial charge in [-0.1, -0.05) is 30.3 Å². The summed E-state index contributed by atoms with van der Waals surface area (Å²) in [6.07, 6.45) is 4.63. The molecule has 1 amide bonds. The van der Waals surface area contributed by atoms with Crippen LogP contribution in [0.4, 0.5) is 5.82 Å². The molecule has 0 saturated heterocycles. The van der Waals surface area contributed by atoms with Crippen molar-refractivity contribution in [1.29, 1.82) is 0 Å². The van der Waals surface area contributed by atoms with E-state index in [2.05, 4.69) is 27.4 Å². The van der Waals surface area contributed by atoms with E-state index in [1.165, 1.54) is 7.11 Å². The third-order valence-electron chi connectivity index (χ3n) is 5.86. The number of aromatic nitrogens is 2. The number of aromatic amines is 1. The first-order valence-corrected chi connectivity index (χ1v) is 10.5. The zero-order chi connectivity index (χ0) is 22.0. The molecule has 1 aromatic carbocycles. The predicted molar refractivity (Wildman–Crippen MR) is 120 cm³/mol. The molecule has 0 saturated carbocycles. The third-order valence-corrected chi connectivity index (χ3v) is 5.86. The van der Waals surface area contributed by atoms with Crippen molar-refractivity contribution in [3.05, 3.63) is 71.0 Å². The maximum atomic E-state index is 12.8. The van der Waals surface area contributed by atoms with Gasteiger partial charge in [0.25, 0.3) is 5.91 Å². The van der Waals surface area contributed by atoms with Gasteiger partial charge in [0.05, 0.1) is 5.69 Å². The zero-order valence-corrected chi connectivity index (χ0v) is 18.1. The molecule has 2 N–H and O–H groups in total. The average Bonchev–Trinajstić information content (AvgIpc) is 3.14. The van der Waals surface area contributed by atoms with Gasteiger partial charge in [-0.3, -0.25) is 9.59 Å². The first-order chi connectivity index (χ1) is 14.9. The number of ketones is 1. The fraction of sp³-hybridized carbons (Fsp3) is 0.320. The third kappa shape index (κ3) is 4.30. The molecule has 1 aliphatic rings. The number of methoxy groups -OCH3 is 1. The van der Waals surface area contributed by atoms with Crippen molar-refractivity contribution in [2.75, 3.05) is 12.4 Å². The molecule has 0 bridgehead atoms. The van der Waals surface area contributed by atoms with Crippen molar-refractivity contribution in [3.63, 3.8) is 0 Å². The molecule has 3 aromatic rings. The molecule has 31 heavy (non-hydrogen) atoms. The lowest BCUT2D eigenvalue weighted by Crippen LogP contribution is -2.39. The summed E-state index contributed by atoms with van der Waals surface area (Å²) in [5.74, 6) is 0.362. The van der Waals surface area contributed by atoms with Gasteiger partial charge in [0.2, 0.25) is 0 Å². The fourth-order valence-corrected chi connectivity index (χ4v) is 3.91. The highest BCUT2D eigenvalue weighted by molar-refractivity contribution is 6.02. The molecule has 1 aliphatic carbocycles. The van der Waals surface area contributed by atoms with E-state index in [1.54, 1.807) is 20.0 Å². The van der Waals surface area contributed by atoms with E-state index in [-0.39, 0.29) is 11.7 Å². The van der Waals surface area contributed by atoms with Crippen LogP contribution in [-0.4, -0.2) is 34.4 Å². The second kappa shape index (κ2) is 8.47. The number of nitrogens with zero attached hydrogens (tertiary/aromatic N) is 1. The first kappa shape index (κ1) is 21.0. The smallest absolute Gasteiger partial charge is 0.257 e. The van der Waals surface area contributed by atoms with Crippen molar-refractivity contribution in [2.24, 2.45) is 0 Å². The van der Waals surface area contributed by atoms with Gasteiger partial charge in [0.1, 0.15) is 11.4 Å². The fourth-order valence-electron chi connectivity index (χ4n) is 3.91. The number of Topliss-reactive ketones (excluding diaryl/α,β-unsaturated/α-hetero) is 1. The van der Waals surface area contributed by atoms with Crippen LogP contribution < -0.4 is 5.32 Å². The first-order valence-electron chi connectivity index (χ1n) is 10.5. The van der Waals surface area contributed by atoms with Crippen LogP contribution in [0.1, 0.15) is 53.9 Å². The van der Waals surface area contributed by atoms with Gasteiger partial charge in [-0.25, -0.2) is 4.98 Å². The van der Waals surface area contributed by atoms with Gasteiger partial charge in [0, 0.05) is 43.0 Å². The molecule has 0 aliphatic heterocycles. The highest BCUT2D eigenvalue weighted by Gasteiger charge is 2.29. The van der Waals surface area contributed by atoms with E-state index in [9.17, 15) is 9.59 Å². The van der Waals surface area contributed by atoms with Crippen molar-refractivity contribution in [2.45, 2.75) is 45.1 Å². The van der Waals surface area contributed by atoms with Gasteiger partial charge in [-0.05, 0) is 49.9 Å². The summed E-state index contributed by atoms with van der Waals surface area (Å²) in [7, 11) is 1.50. The number of nitrogens with one attached hydrogen (secondary N) is 2. The summed E-state index contributed by atoms with van der Waals surface area (Å²) >= 11 is 0. The van der Waals surface area contributed by atoms with Crippen LogP contribution in [-0.2, 0) is 22.4 Å². The molecule has 0 radical (unpaired) electrons. The van der Waals surface area contributed by atoms with Crippen LogP contribution in [0.2, 0.25) is 0 Å². The number of carbonyl (C=O) groups is 2. The lowest BCUT2D eigenvalue weighted by atomic mass is 9.90. The number of amides is 1. The molecular formula is C25H27N3O3. The Morgan fingerprint density at radius 1 is 1.19 bits per heavy atom. The number of benzene rings is 1. The predicted octanol–water partition coefficient (Wildman–Crippen LogP) is 4.55. The number of hydrogen-bond acceptors (Lipinski definition) is 4. The molecule has 160 valence electrons. The van der Waals surface area contributed by atoms with E-state index in [1.807, 2.05) is 30.3 Å². The van der Waals surface area contributed by atoms with E-state index in [0.29, 0.717) is 18.7 Å². The molecule has 6 heteroatoms. The Morgan fingerprint density at radius 2 is 1.97 bits per heavy atom. The molecule has 2 aromatic heterocycles. The van der Waals surface area contributed by atoms with Gasteiger partial charge in [-0.2, -0.15) is 0 Å². The number of carbonyl (C=O) groups excluding carboxylic acids is 2. The standard InChI is InChI=1S/C25H27N3O3/c1-25(2,31-3)24(30)28-21-15-17(12-13-26-21)23-18(14-16-8-5-4-6-9-16)22-19(27-23)10-7-11-20(22)29/h4-6,8-9,12-13,15,27H,7,10-11,14H2,1-3H3,(H,26,28,30). The summed E-state index contributed by atoms with van der Waals surface area (Å²) < 4.78 is 5.26. The van der Waals surface area contributed by atoms with Crippen molar-refractivity contribution in [1.82, 2.24) is 9.97 Å². The van der Waals surface area contributed by atoms with E-state index < -0.39 is 5.60 Å². The van der Waals surface area contributed by atoms with Crippen LogP contribution >= 0.6 is 0 Å². The largest absolute Gasteiger partial charge is 0.369 e. The Morgan fingerprint density at radius 3 is 2.71 bits per heavy atom. The average molecular weight is 418 g/mol. The lowest BCUT2D eigenvalue weighted by molar-refractivity contribution is -0.133. The number of anilines is 1. The quantitative estimate of drug-likeness (QED) is 0.616. The number of ether oxygens (including phenoxy) is 1. The lowest BCUT2D eigenvalue weighted by Gasteiger charge is -2.21. The van der Waals surface area contributed by atoms with Crippen LogP contribution in [0.15, 0.2) is 48.7 Å². The molecule has 0 atom stereocenters. The van der Waals surface area contributed by atoms with Crippen molar-refractivity contribution in [3.8, 4) is 11.3 Å². The zero-order valence-electron chi connectivity index (χ0n) is 18.1. The molecular weight excluding hydrogens is 390 g/mol. The number of pyridine rings is 1. The molecule has 4 rings (SSSR count). The van der Waals surface area contributed by atoms with Crippen LogP contribution in [0.3, 0.4) is 0 Å². The second-order valence-electron chi connectivity index (χ2n) is 8.37. The summed E-state index contributed by atoms with van der Waals surface area (Å²) in [6, 6.07) is 13.9. The Labute approximate surface area is 182 Å². The Bertz CT molecular complexity index is 1120. The number of aryl methyl sites for hydroxylation is 1.